The minimum Gasteiger partial charge on any atom is -0.360 e. The van der Waals surface area contributed by atoms with E-state index in [1.807, 2.05) is 24.3 Å². The Bertz CT molecular complexity index is 1010. The van der Waals surface area contributed by atoms with Crippen molar-refractivity contribution in [3.8, 4) is 0 Å². The van der Waals surface area contributed by atoms with Gasteiger partial charge in [0.2, 0.25) is 5.91 Å². The van der Waals surface area contributed by atoms with E-state index >= 15 is 0 Å². The Morgan fingerprint density at radius 2 is 1.88 bits per heavy atom. The van der Waals surface area contributed by atoms with Gasteiger partial charge in [0.1, 0.15) is 0 Å². The first kappa shape index (κ1) is 16.9. The second-order valence-corrected chi connectivity index (χ2v) is 7.11. The third-order valence-electron chi connectivity index (χ3n) is 4.55. The number of H-pyrrole nitrogens is 1. The SMILES string of the molecule is O=C(Nc1ccc(Cl)cc1Cl)C1CN(C(=O)c2c[nH]c3ccccc23)C1. The molecule has 132 valence electrons. The van der Waals surface area contributed by atoms with Crippen molar-refractivity contribution in [2.75, 3.05) is 18.4 Å². The van der Waals surface area contributed by atoms with Crippen LogP contribution in [0.1, 0.15) is 10.4 Å². The van der Waals surface area contributed by atoms with Crippen LogP contribution in [-0.4, -0.2) is 34.8 Å². The minimum absolute atomic E-state index is 0.0731. The lowest BCUT2D eigenvalue weighted by Gasteiger charge is -2.38. The largest absolute Gasteiger partial charge is 0.360 e. The number of anilines is 1. The van der Waals surface area contributed by atoms with Gasteiger partial charge in [-0.25, -0.2) is 0 Å². The fourth-order valence-electron chi connectivity index (χ4n) is 3.05. The second-order valence-electron chi connectivity index (χ2n) is 6.27. The van der Waals surface area contributed by atoms with Crippen LogP contribution < -0.4 is 5.32 Å². The highest BCUT2D eigenvalue weighted by Gasteiger charge is 2.36. The van der Waals surface area contributed by atoms with Crippen molar-refractivity contribution in [3.05, 3.63) is 64.3 Å². The van der Waals surface area contributed by atoms with Gasteiger partial charge in [0, 0.05) is 35.2 Å². The summed E-state index contributed by atoms with van der Waals surface area (Å²) >= 11 is 11.9. The predicted octanol–water partition coefficient (Wildman–Crippen LogP) is 4.19. The van der Waals surface area contributed by atoms with Gasteiger partial charge in [0.25, 0.3) is 5.91 Å². The van der Waals surface area contributed by atoms with E-state index < -0.39 is 0 Å². The maximum atomic E-state index is 12.7. The van der Waals surface area contributed by atoms with Crippen molar-refractivity contribution in [2.45, 2.75) is 0 Å². The summed E-state index contributed by atoms with van der Waals surface area (Å²) in [4.78, 5) is 29.8. The Hall–Kier alpha value is -2.50. The molecule has 0 atom stereocenters. The van der Waals surface area contributed by atoms with Gasteiger partial charge in [0.15, 0.2) is 0 Å². The van der Waals surface area contributed by atoms with Crippen molar-refractivity contribution in [2.24, 2.45) is 5.92 Å². The first-order valence-electron chi connectivity index (χ1n) is 8.14. The number of benzene rings is 2. The van der Waals surface area contributed by atoms with Crippen LogP contribution in [-0.2, 0) is 4.79 Å². The maximum absolute atomic E-state index is 12.7. The number of hydrogen-bond acceptors (Lipinski definition) is 2. The van der Waals surface area contributed by atoms with Crippen molar-refractivity contribution in [1.82, 2.24) is 9.88 Å². The molecule has 3 aromatic rings. The molecule has 0 saturated carbocycles. The van der Waals surface area contributed by atoms with Gasteiger partial charge >= 0.3 is 0 Å². The van der Waals surface area contributed by atoms with E-state index in [1.165, 1.54) is 0 Å². The zero-order chi connectivity index (χ0) is 18.3. The molecule has 2 heterocycles. The molecule has 1 aromatic heterocycles. The smallest absolute Gasteiger partial charge is 0.256 e. The Kier molecular flexibility index (Phi) is 4.34. The number of aromatic nitrogens is 1. The van der Waals surface area contributed by atoms with E-state index in [2.05, 4.69) is 10.3 Å². The number of rotatable bonds is 3. The summed E-state index contributed by atoms with van der Waals surface area (Å²) < 4.78 is 0. The average molecular weight is 388 g/mol. The van der Waals surface area contributed by atoms with Gasteiger partial charge in [-0.05, 0) is 24.3 Å². The highest BCUT2D eigenvalue weighted by atomic mass is 35.5. The molecule has 5 nitrogen and oxygen atoms in total. The number of nitrogens with zero attached hydrogens (tertiary/aromatic N) is 1. The maximum Gasteiger partial charge on any atom is 0.256 e. The van der Waals surface area contributed by atoms with Crippen LogP contribution >= 0.6 is 23.2 Å². The molecule has 2 amide bonds. The number of para-hydroxylation sites is 1. The summed E-state index contributed by atoms with van der Waals surface area (Å²) in [5.41, 5.74) is 2.06. The molecule has 7 heteroatoms. The second kappa shape index (κ2) is 6.67. The van der Waals surface area contributed by atoms with Gasteiger partial charge in [0.05, 0.1) is 22.2 Å². The van der Waals surface area contributed by atoms with Crippen LogP contribution in [0.4, 0.5) is 5.69 Å². The average Bonchev–Trinajstić information content (AvgIpc) is 3.00. The van der Waals surface area contributed by atoms with E-state index in [4.69, 9.17) is 23.2 Å². The molecule has 1 saturated heterocycles. The number of likely N-dealkylation sites (tertiary alicyclic amines) is 1. The highest BCUT2D eigenvalue weighted by Crippen LogP contribution is 2.28. The van der Waals surface area contributed by atoms with E-state index in [1.54, 1.807) is 29.3 Å². The Balaban J connectivity index is 1.40. The summed E-state index contributed by atoms with van der Waals surface area (Å²) in [7, 11) is 0. The first-order chi connectivity index (χ1) is 12.5. The van der Waals surface area contributed by atoms with Crippen molar-refractivity contribution < 1.29 is 9.59 Å². The Morgan fingerprint density at radius 3 is 2.65 bits per heavy atom. The van der Waals surface area contributed by atoms with E-state index in [-0.39, 0.29) is 17.7 Å². The summed E-state index contributed by atoms with van der Waals surface area (Å²) in [6, 6.07) is 12.5. The van der Waals surface area contributed by atoms with Crippen LogP contribution in [0.3, 0.4) is 0 Å². The third kappa shape index (κ3) is 3.04. The quantitative estimate of drug-likeness (QED) is 0.707. The number of carbonyl (C=O) groups is 2. The molecule has 1 aliphatic rings. The fraction of sp³-hybridized carbons (Fsp3) is 0.158. The normalized spacial score (nSPS) is 14.3. The lowest BCUT2D eigenvalue weighted by Crippen LogP contribution is -2.54. The molecule has 26 heavy (non-hydrogen) atoms. The molecule has 1 aliphatic heterocycles. The molecular weight excluding hydrogens is 373 g/mol. The number of hydrogen-bond donors (Lipinski definition) is 2. The topological polar surface area (TPSA) is 65.2 Å². The van der Waals surface area contributed by atoms with Crippen LogP contribution in [0.25, 0.3) is 10.9 Å². The highest BCUT2D eigenvalue weighted by molar-refractivity contribution is 6.36. The number of amides is 2. The Labute approximate surface area is 159 Å². The molecule has 0 spiro atoms. The number of carbonyl (C=O) groups excluding carboxylic acids is 2. The van der Waals surface area contributed by atoms with Crippen molar-refractivity contribution in [1.29, 1.82) is 0 Å². The molecule has 0 aliphatic carbocycles. The van der Waals surface area contributed by atoms with Gasteiger partial charge in [-0.2, -0.15) is 0 Å². The van der Waals surface area contributed by atoms with Crippen molar-refractivity contribution >= 4 is 51.6 Å². The fourth-order valence-corrected chi connectivity index (χ4v) is 3.51. The van der Waals surface area contributed by atoms with Gasteiger partial charge in [-0.3, -0.25) is 9.59 Å². The van der Waals surface area contributed by atoms with Gasteiger partial charge in [-0.1, -0.05) is 41.4 Å². The first-order valence-corrected chi connectivity index (χ1v) is 8.90. The van der Waals surface area contributed by atoms with Crippen molar-refractivity contribution in [3.63, 3.8) is 0 Å². The minimum atomic E-state index is -0.254. The van der Waals surface area contributed by atoms with Gasteiger partial charge < -0.3 is 15.2 Å². The molecule has 0 unspecified atom stereocenters. The molecule has 1 fully saturated rings. The number of aromatic amines is 1. The molecular formula is C19H15Cl2N3O2. The van der Waals surface area contributed by atoms with Crippen LogP contribution in [0.15, 0.2) is 48.7 Å². The summed E-state index contributed by atoms with van der Waals surface area (Å²) in [6.45, 7) is 0.769. The Morgan fingerprint density at radius 1 is 1.12 bits per heavy atom. The van der Waals surface area contributed by atoms with Crippen LogP contribution in [0.2, 0.25) is 10.0 Å². The lowest BCUT2D eigenvalue weighted by molar-refractivity contribution is -0.123. The lowest BCUT2D eigenvalue weighted by atomic mass is 9.97. The monoisotopic (exact) mass is 387 g/mol. The standard InChI is InChI=1S/C19H15Cl2N3O2/c20-12-5-6-17(15(21)7-12)23-18(25)11-9-24(10-11)19(26)14-8-22-16-4-2-1-3-13(14)16/h1-8,11,22H,9-10H2,(H,23,25). The summed E-state index contributed by atoms with van der Waals surface area (Å²) in [5.74, 6) is -0.482. The molecule has 4 rings (SSSR count). The van der Waals surface area contributed by atoms with E-state index in [0.717, 1.165) is 10.9 Å². The summed E-state index contributed by atoms with van der Waals surface area (Å²) in [6.07, 6.45) is 1.72. The molecule has 0 radical (unpaired) electrons. The number of nitrogens with one attached hydrogen (secondary N) is 2. The van der Waals surface area contributed by atoms with E-state index in [9.17, 15) is 9.59 Å². The molecule has 2 N–H and O–H groups in total. The molecule has 2 aromatic carbocycles. The van der Waals surface area contributed by atoms with Crippen LogP contribution in [0.5, 0.6) is 0 Å². The predicted molar refractivity (Wildman–Crippen MR) is 103 cm³/mol. The summed E-state index contributed by atoms with van der Waals surface area (Å²) in [5, 5.41) is 4.57. The molecule has 0 bridgehead atoms. The van der Waals surface area contributed by atoms with Gasteiger partial charge in [-0.15, -0.1) is 0 Å². The van der Waals surface area contributed by atoms with E-state index in [0.29, 0.717) is 34.4 Å². The third-order valence-corrected chi connectivity index (χ3v) is 5.10. The number of fused-ring (bicyclic) bond motifs is 1. The zero-order valence-corrected chi connectivity index (χ0v) is 15.1. The number of halogens is 2. The zero-order valence-electron chi connectivity index (χ0n) is 13.6. The van der Waals surface area contributed by atoms with Crippen LogP contribution in [0, 0.1) is 5.92 Å².